The van der Waals surface area contributed by atoms with Crippen LogP contribution in [0.3, 0.4) is 0 Å². The number of carboxylic acid groups (broad SMARTS) is 1. The van der Waals surface area contributed by atoms with Crippen molar-refractivity contribution in [1.82, 2.24) is 25.3 Å². The molecular weight excluding hydrogens is 935 g/mol. The van der Waals surface area contributed by atoms with Crippen LogP contribution < -0.4 is 15.5 Å². The zero-order valence-corrected chi connectivity index (χ0v) is 39.5. The van der Waals surface area contributed by atoms with Crippen molar-refractivity contribution < 1.29 is 34.2 Å². The molecule has 0 aliphatic carbocycles. The number of ketones is 2. The molecule has 4 amide bonds. The van der Waals surface area contributed by atoms with Crippen molar-refractivity contribution in [1.29, 1.82) is 0 Å². The fourth-order valence-electron chi connectivity index (χ4n) is 7.10. The van der Waals surface area contributed by atoms with Crippen LogP contribution in [0.25, 0.3) is 0 Å². The van der Waals surface area contributed by atoms with E-state index in [1.165, 1.54) is 10.5 Å². The molecule has 6 rings (SSSR count). The molecule has 4 N–H and O–H groups in total. The van der Waals surface area contributed by atoms with Crippen molar-refractivity contribution in [3.63, 3.8) is 0 Å². The number of amides is 4. The SMILES string of the molecule is C=C/C=C(\C=C)N1CCN(C(=O)N[C@H](C(=O)O)C(C)C)CC1.C[C@@H](O)[C@H](NC(=O)N1CCN(c2ccc(I)cc2)CC1)C(=O)Cc1ccccc1.O=C(c1ccccc1)c1ccccc1. The van der Waals surface area contributed by atoms with Gasteiger partial charge < -0.3 is 40.4 Å². The fourth-order valence-corrected chi connectivity index (χ4v) is 7.46. The van der Waals surface area contributed by atoms with E-state index in [2.05, 4.69) is 80.4 Å². The Kier molecular flexibility index (Phi) is 21.0. The third-order valence-electron chi connectivity index (χ3n) is 10.8. The second kappa shape index (κ2) is 26.5. The van der Waals surface area contributed by atoms with Crippen molar-refractivity contribution >= 4 is 57.9 Å². The van der Waals surface area contributed by atoms with E-state index in [1.807, 2.05) is 97.1 Å². The summed E-state index contributed by atoms with van der Waals surface area (Å²) in [4.78, 5) is 68.2. The number of Topliss-reactive ketones (excluding diaryl/α,β-unsaturated/α-hetero) is 1. The second-order valence-corrected chi connectivity index (χ2v) is 17.1. The van der Waals surface area contributed by atoms with Crippen LogP contribution in [0, 0.1) is 9.49 Å². The van der Waals surface area contributed by atoms with Crippen LogP contribution >= 0.6 is 22.6 Å². The first-order valence-electron chi connectivity index (χ1n) is 21.7. The van der Waals surface area contributed by atoms with Gasteiger partial charge in [-0.3, -0.25) is 9.59 Å². The molecule has 0 bridgehead atoms. The predicted octanol–water partition coefficient (Wildman–Crippen LogP) is 7.28. The number of carbonyl (C=O) groups is 5. The van der Waals surface area contributed by atoms with E-state index in [9.17, 15) is 29.1 Å². The lowest BCUT2D eigenvalue weighted by atomic mass is 10.0. The molecular formula is C51H61IN6O7. The number of aliphatic hydroxyl groups excluding tert-OH is 1. The van der Waals surface area contributed by atoms with Gasteiger partial charge in [0.2, 0.25) is 0 Å². The van der Waals surface area contributed by atoms with Gasteiger partial charge in [0.25, 0.3) is 0 Å². The van der Waals surface area contributed by atoms with Crippen molar-refractivity contribution in [3.05, 3.63) is 173 Å². The quantitative estimate of drug-likeness (QED) is 0.0578. The average Bonchev–Trinajstić information content (AvgIpc) is 3.32. The van der Waals surface area contributed by atoms with E-state index < -0.39 is 24.2 Å². The number of nitrogens with zero attached hydrogens (tertiary/aromatic N) is 4. The number of benzene rings is 4. The number of aliphatic hydroxyl groups is 1. The van der Waals surface area contributed by atoms with E-state index in [0.29, 0.717) is 39.3 Å². The van der Waals surface area contributed by atoms with Gasteiger partial charge in [0.15, 0.2) is 11.6 Å². The van der Waals surface area contributed by atoms with Crippen molar-refractivity contribution in [2.24, 2.45) is 5.92 Å². The van der Waals surface area contributed by atoms with Gasteiger partial charge in [-0.05, 0) is 77.4 Å². The maximum absolute atomic E-state index is 12.7. The number of urea groups is 2. The van der Waals surface area contributed by atoms with Crippen LogP contribution in [-0.4, -0.2) is 125 Å². The van der Waals surface area contributed by atoms with Gasteiger partial charge >= 0.3 is 18.0 Å². The van der Waals surface area contributed by atoms with Gasteiger partial charge in [0.05, 0.1) is 6.10 Å². The van der Waals surface area contributed by atoms with Gasteiger partial charge in [-0.2, -0.15) is 0 Å². The highest BCUT2D eigenvalue weighted by Gasteiger charge is 2.30. The zero-order chi connectivity index (χ0) is 47.3. The summed E-state index contributed by atoms with van der Waals surface area (Å²) in [6.45, 7) is 17.5. The predicted molar refractivity (Wildman–Crippen MR) is 265 cm³/mol. The Morgan fingerprint density at radius 3 is 1.52 bits per heavy atom. The van der Waals surface area contributed by atoms with E-state index in [0.717, 1.165) is 41.2 Å². The number of nitrogens with one attached hydrogen (secondary N) is 2. The minimum absolute atomic E-state index is 0.0752. The third kappa shape index (κ3) is 16.4. The first-order chi connectivity index (χ1) is 31.2. The maximum atomic E-state index is 12.7. The molecule has 0 radical (unpaired) electrons. The first-order valence-corrected chi connectivity index (χ1v) is 22.7. The highest BCUT2D eigenvalue weighted by atomic mass is 127. The smallest absolute Gasteiger partial charge is 0.326 e. The van der Waals surface area contributed by atoms with E-state index in [1.54, 1.807) is 35.8 Å². The zero-order valence-electron chi connectivity index (χ0n) is 37.4. The number of rotatable bonds is 14. The first kappa shape index (κ1) is 51.4. The van der Waals surface area contributed by atoms with Crippen LogP contribution in [0.2, 0.25) is 0 Å². The third-order valence-corrected chi connectivity index (χ3v) is 11.5. The Bertz CT molecular complexity index is 2150. The van der Waals surface area contributed by atoms with E-state index >= 15 is 0 Å². The lowest BCUT2D eigenvalue weighted by Crippen LogP contribution is -2.57. The number of carbonyl (C=O) groups excluding carboxylic acids is 4. The van der Waals surface area contributed by atoms with E-state index in [4.69, 9.17) is 5.11 Å². The molecule has 2 heterocycles. The molecule has 2 aliphatic heterocycles. The molecule has 65 heavy (non-hydrogen) atoms. The molecule has 14 heteroatoms. The lowest BCUT2D eigenvalue weighted by Gasteiger charge is -2.37. The molecule has 13 nitrogen and oxygen atoms in total. The van der Waals surface area contributed by atoms with Crippen molar-refractivity contribution in [2.75, 3.05) is 57.3 Å². The number of halogens is 1. The Labute approximate surface area is 396 Å². The Balaban J connectivity index is 0.000000227. The molecule has 2 saturated heterocycles. The maximum Gasteiger partial charge on any atom is 0.326 e. The second-order valence-electron chi connectivity index (χ2n) is 15.8. The van der Waals surface area contributed by atoms with Gasteiger partial charge in [-0.15, -0.1) is 0 Å². The van der Waals surface area contributed by atoms with Crippen molar-refractivity contribution in [3.8, 4) is 0 Å². The number of hydrogen-bond acceptors (Lipinski definition) is 8. The molecule has 0 saturated carbocycles. The fraction of sp³-hybridized carbons (Fsp3) is 0.314. The minimum atomic E-state index is -1.01. The summed E-state index contributed by atoms with van der Waals surface area (Å²) < 4.78 is 1.19. The Hall–Kier alpha value is -6.26. The molecule has 344 valence electrons. The summed E-state index contributed by atoms with van der Waals surface area (Å²) in [5, 5.41) is 24.5. The number of hydrogen-bond donors (Lipinski definition) is 4. The number of allylic oxidation sites excluding steroid dienone is 3. The number of carboxylic acids is 1. The summed E-state index contributed by atoms with van der Waals surface area (Å²) in [5.74, 6) is -1.29. The molecule has 0 unspecified atom stereocenters. The van der Waals surface area contributed by atoms with Gasteiger partial charge in [0.1, 0.15) is 12.1 Å². The number of aliphatic carboxylic acids is 1. The molecule has 0 aromatic heterocycles. The highest BCUT2D eigenvalue weighted by molar-refractivity contribution is 14.1. The molecule has 0 spiro atoms. The lowest BCUT2D eigenvalue weighted by molar-refractivity contribution is -0.140. The van der Waals surface area contributed by atoms with Gasteiger partial charge in [-0.1, -0.05) is 124 Å². The molecule has 4 aromatic carbocycles. The monoisotopic (exact) mass is 996 g/mol. The van der Waals surface area contributed by atoms with Crippen LogP contribution in [-0.2, 0) is 16.0 Å². The van der Waals surface area contributed by atoms with Crippen LogP contribution in [0.4, 0.5) is 15.3 Å². The van der Waals surface area contributed by atoms with Crippen LogP contribution in [0.1, 0.15) is 42.3 Å². The summed E-state index contributed by atoms with van der Waals surface area (Å²) in [6.07, 6.45) is 4.56. The molecule has 2 aliphatic rings. The van der Waals surface area contributed by atoms with E-state index in [-0.39, 0.29) is 36.0 Å². The largest absolute Gasteiger partial charge is 0.480 e. The number of piperazine rings is 2. The molecule has 3 atom stereocenters. The topological polar surface area (TPSA) is 163 Å². The summed E-state index contributed by atoms with van der Waals surface area (Å²) in [7, 11) is 0. The summed E-state index contributed by atoms with van der Waals surface area (Å²) in [5.41, 5.74) is 4.45. The van der Waals surface area contributed by atoms with Crippen LogP contribution in [0.5, 0.6) is 0 Å². The van der Waals surface area contributed by atoms with Gasteiger partial charge in [0, 0.05) is 84.9 Å². The Morgan fingerprint density at radius 2 is 1.09 bits per heavy atom. The summed E-state index contributed by atoms with van der Waals surface area (Å²) in [6, 6.07) is 33.9. The van der Waals surface area contributed by atoms with Gasteiger partial charge in [-0.25, -0.2) is 14.4 Å². The van der Waals surface area contributed by atoms with Crippen molar-refractivity contribution in [2.45, 2.75) is 45.4 Å². The minimum Gasteiger partial charge on any atom is -0.480 e. The molecule has 2 fully saturated rings. The normalized spacial score (nSPS) is 15.1. The number of anilines is 1. The summed E-state index contributed by atoms with van der Waals surface area (Å²) >= 11 is 2.28. The highest BCUT2D eigenvalue weighted by Crippen LogP contribution is 2.19. The Morgan fingerprint density at radius 1 is 0.646 bits per heavy atom. The standard InChI is InChI=1S/C22H26IN3O3.C16H25N3O3.C13H10O/c1-16(27)21(20(28)15-17-5-3-2-4-6-17)24-22(29)26-13-11-25(12-14-26)19-9-7-18(23)8-10-19;1-5-7-13(6-2)18-8-10-19(11-9-18)16(22)17-14(12(3)4)15(20)21;14-13(11-7-3-1-4-8-11)12-9-5-2-6-10-12/h2-10,16,21,27H,11-15H2,1H3,(H,24,29);5-7,12,14H,1-2,8-11H2,3-4H3,(H,17,22)(H,20,21);1-10H/b;13-7+;/t16-,21+;14-;/m10./s1. The molecule has 4 aromatic rings. The average molecular weight is 997 g/mol. The van der Waals surface area contributed by atoms with Crippen LogP contribution in [0.15, 0.2) is 152 Å².